The maximum atomic E-state index is 10.3. The maximum Gasteiger partial charge on any atom is 0.193 e. The second-order valence-corrected chi connectivity index (χ2v) is 7.13. The molecule has 4 N–H and O–H groups in total. The normalized spacial score (nSPS) is 23.8. The van der Waals surface area contributed by atoms with Gasteiger partial charge in [-0.05, 0) is 52.3 Å². The van der Waals surface area contributed by atoms with Crippen LogP contribution in [0.25, 0.3) is 0 Å². The van der Waals surface area contributed by atoms with Crippen LogP contribution in [-0.4, -0.2) is 33.3 Å². The standard InChI is InChI=1S/C15H23ClN4O/c1-14(2)9-12(15(3,4)20(14)21)19-13(17)18-11-7-5-6-10(16)8-11/h5-8,12,21H,9H2,1-4H3,(H3,17,18,19). The number of nitrogens with one attached hydrogen (secondary N) is 3. The van der Waals surface area contributed by atoms with Crippen molar-refractivity contribution in [3.8, 4) is 0 Å². The van der Waals surface area contributed by atoms with Gasteiger partial charge in [0.15, 0.2) is 5.96 Å². The quantitative estimate of drug-likeness (QED) is 0.500. The van der Waals surface area contributed by atoms with Gasteiger partial charge >= 0.3 is 0 Å². The van der Waals surface area contributed by atoms with Gasteiger partial charge in [0.05, 0.1) is 11.6 Å². The highest BCUT2D eigenvalue weighted by atomic mass is 35.5. The minimum Gasteiger partial charge on any atom is -0.352 e. The Hall–Kier alpha value is -1.30. The van der Waals surface area contributed by atoms with E-state index in [1.54, 1.807) is 12.1 Å². The van der Waals surface area contributed by atoms with Gasteiger partial charge in [0.1, 0.15) is 0 Å². The number of hydroxylamine groups is 2. The second-order valence-electron chi connectivity index (χ2n) is 6.69. The fourth-order valence-electron chi connectivity index (χ4n) is 2.91. The van der Waals surface area contributed by atoms with Crippen molar-refractivity contribution in [2.24, 2.45) is 0 Å². The molecule has 0 bridgehead atoms. The molecule has 0 aliphatic carbocycles. The van der Waals surface area contributed by atoms with E-state index in [2.05, 4.69) is 10.6 Å². The Bertz CT molecular complexity index is 544. The second kappa shape index (κ2) is 5.48. The number of rotatable bonds is 2. The summed E-state index contributed by atoms with van der Waals surface area (Å²) in [6.45, 7) is 7.91. The van der Waals surface area contributed by atoms with Gasteiger partial charge in [0.25, 0.3) is 0 Å². The molecule has 1 fully saturated rings. The summed E-state index contributed by atoms with van der Waals surface area (Å²) >= 11 is 5.93. The van der Waals surface area contributed by atoms with Crippen molar-refractivity contribution in [2.45, 2.75) is 51.2 Å². The molecule has 5 nitrogen and oxygen atoms in total. The molecule has 0 saturated carbocycles. The molecule has 0 spiro atoms. The van der Waals surface area contributed by atoms with E-state index in [0.717, 1.165) is 12.1 Å². The van der Waals surface area contributed by atoms with Crippen LogP contribution in [0.3, 0.4) is 0 Å². The van der Waals surface area contributed by atoms with Gasteiger partial charge in [-0.25, -0.2) is 0 Å². The van der Waals surface area contributed by atoms with E-state index in [4.69, 9.17) is 17.0 Å². The number of hydrogen-bond acceptors (Lipinski definition) is 3. The molecule has 0 radical (unpaired) electrons. The first-order valence-corrected chi connectivity index (χ1v) is 7.37. The monoisotopic (exact) mass is 310 g/mol. The van der Waals surface area contributed by atoms with E-state index in [-0.39, 0.29) is 17.5 Å². The van der Waals surface area contributed by atoms with Crippen LogP contribution in [0.15, 0.2) is 24.3 Å². The first kappa shape index (κ1) is 16.1. The van der Waals surface area contributed by atoms with Crippen molar-refractivity contribution in [3.05, 3.63) is 29.3 Å². The maximum absolute atomic E-state index is 10.3. The van der Waals surface area contributed by atoms with E-state index < -0.39 is 5.54 Å². The lowest BCUT2D eigenvalue weighted by atomic mass is 9.94. The third kappa shape index (κ3) is 3.31. The lowest BCUT2D eigenvalue weighted by Gasteiger charge is -2.36. The van der Waals surface area contributed by atoms with E-state index >= 15 is 0 Å². The van der Waals surface area contributed by atoms with E-state index in [0.29, 0.717) is 5.02 Å². The first-order valence-electron chi connectivity index (χ1n) is 7.00. The summed E-state index contributed by atoms with van der Waals surface area (Å²) in [6, 6.07) is 7.20. The van der Waals surface area contributed by atoms with Gasteiger partial charge in [-0.15, -0.1) is 0 Å². The Morgan fingerprint density at radius 1 is 1.38 bits per heavy atom. The molecule has 2 rings (SSSR count). The molecule has 6 heteroatoms. The van der Waals surface area contributed by atoms with E-state index in [1.165, 1.54) is 5.06 Å². The summed E-state index contributed by atoms with van der Waals surface area (Å²) in [5, 5.41) is 26.5. The predicted octanol–water partition coefficient (Wildman–Crippen LogP) is 3.30. The summed E-state index contributed by atoms with van der Waals surface area (Å²) in [4.78, 5) is 0. The molecule has 1 aliphatic rings. The van der Waals surface area contributed by atoms with Crippen LogP contribution in [0.5, 0.6) is 0 Å². The highest BCUT2D eigenvalue weighted by Crippen LogP contribution is 2.38. The summed E-state index contributed by atoms with van der Waals surface area (Å²) in [6.07, 6.45) is 0.746. The smallest absolute Gasteiger partial charge is 0.193 e. The Balaban J connectivity index is 2.03. The third-order valence-corrected chi connectivity index (χ3v) is 4.32. The van der Waals surface area contributed by atoms with Crippen molar-refractivity contribution < 1.29 is 5.21 Å². The Morgan fingerprint density at radius 3 is 2.57 bits per heavy atom. The third-order valence-electron chi connectivity index (χ3n) is 4.09. The van der Waals surface area contributed by atoms with Crippen LogP contribution in [0, 0.1) is 5.41 Å². The van der Waals surface area contributed by atoms with Crippen LogP contribution in [-0.2, 0) is 0 Å². The topological polar surface area (TPSA) is 71.4 Å². The van der Waals surface area contributed by atoms with Crippen molar-refractivity contribution in [2.75, 3.05) is 5.32 Å². The number of hydrogen-bond donors (Lipinski definition) is 4. The molecular formula is C15H23ClN4O. The van der Waals surface area contributed by atoms with Gasteiger partial charge in [-0.2, -0.15) is 5.06 Å². The average molecular weight is 311 g/mol. The summed E-state index contributed by atoms with van der Waals surface area (Å²) < 4.78 is 0. The van der Waals surface area contributed by atoms with E-state index in [9.17, 15) is 5.21 Å². The van der Waals surface area contributed by atoms with Crippen molar-refractivity contribution in [1.29, 1.82) is 5.41 Å². The number of nitrogens with zero attached hydrogens (tertiary/aromatic N) is 1. The molecule has 1 heterocycles. The van der Waals surface area contributed by atoms with Crippen LogP contribution >= 0.6 is 11.6 Å². The zero-order valence-electron chi connectivity index (χ0n) is 12.9. The number of anilines is 1. The Labute approximate surface area is 130 Å². The molecule has 1 atom stereocenters. The Kier molecular flexibility index (Phi) is 4.19. The van der Waals surface area contributed by atoms with Crippen molar-refractivity contribution in [1.82, 2.24) is 10.4 Å². The molecular weight excluding hydrogens is 288 g/mol. The van der Waals surface area contributed by atoms with Crippen LogP contribution < -0.4 is 10.6 Å². The molecule has 116 valence electrons. The minimum atomic E-state index is -0.453. The fourth-order valence-corrected chi connectivity index (χ4v) is 3.10. The molecule has 0 amide bonds. The molecule has 1 aromatic carbocycles. The zero-order valence-corrected chi connectivity index (χ0v) is 13.6. The van der Waals surface area contributed by atoms with Crippen LogP contribution in [0.1, 0.15) is 34.1 Å². The molecule has 1 saturated heterocycles. The summed E-state index contributed by atoms with van der Waals surface area (Å²) in [5.74, 6) is 0.196. The molecule has 21 heavy (non-hydrogen) atoms. The van der Waals surface area contributed by atoms with Crippen LogP contribution in [0.4, 0.5) is 5.69 Å². The number of halogens is 1. The van der Waals surface area contributed by atoms with E-state index in [1.807, 2.05) is 39.8 Å². The lowest BCUT2D eigenvalue weighted by Crippen LogP contribution is -2.53. The first-order chi connectivity index (χ1) is 9.63. The lowest BCUT2D eigenvalue weighted by molar-refractivity contribution is -0.193. The largest absolute Gasteiger partial charge is 0.352 e. The molecule has 0 aromatic heterocycles. The van der Waals surface area contributed by atoms with Gasteiger partial charge in [0, 0.05) is 16.2 Å². The van der Waals surface area contributed by atoms with Gasteiger partial charge < -0.3 is 15.8 Å². The number of benzene rings is 1. The van der Waals surface area contributed by atoms with Gasteiger partial charge in [-0.1, -0.05) is 17.7 Å². The summed E-state index contributed by atoms with van der Waals surface area (Å²) in [5.41, 5.74) is -0.0144. The minimum absolute atomic E-state index is 0.0308. The van der Waals surface area contributed by atoms with Crippen molar-refractivity contribution >= 4 is 23.2 Å². The average Bonchev–Trinajstić information content (AvgIpc) is 2.50. The molecule has 1 aromatic rings. The highest BCUT2D eigenvalue weighted by Gasteiger charge is 2.51. The van der Waals surface area contributed by atoms with Crippen molar-refractivity contribution in [3.63, 3.8) is 0 Å². The van der Waals surface area contributed by atoms with Crippen LogP contribution in [0.2, 0.25) is 5.02 Å². The highest BCUT2D eigenvalue weighted by molar-refractivity contribution is 6.30. The zero-order chi connectivity index (χ0) is 15.8. The fraction of sp³-hybridized carbons (Fsp3) is 0.533. The number of guanidine groups is 1. The molecule has 1 unspecified atom stereocenters. The SMILES string of the molecule is CC1(C)CC(NC(=N)Nc2cccc(Cl)c2)C(C)(C)N1O. The predicted molar refractivity (Wildman–Crippen MR) is 86.1 cm³/mol. The van der Waals surface area contributed by atoms with Gasteiger partial charge in [0.2, 0.25) is 0 Å². The summed E-state index contributed by atoms with van der Waals surface area (Å²) in [7, 11) is 0. The van der Waals surface area contributed by atoms with Gasteiger partial charge in [-0.3, -0.25) is 5.41 Å². The molecule has 1 aliphatic heterocycles. The Morgan fingerprint density at radius 2 is 2.05 bits per heavy atom.